The van der Waals surface area contributed by atoms with Gasteiger partial charge in [-0.05, 0) is 67.5 Å². The fourth-order valence-corrected chi connectivity index (χ4v) is 5.50. The number of carbonyl (C=O) groups excluding carboxylic acids is 1. The van der Waals surface area contributed by atoms with E-state index in [1.165, 1.54) is 28.9 Å². The molecule has 0 N–H and O–H groups in total. The highest BCUT2D eigenvalue weighted by atomic mass is 16.2. The first-order valence-corrected chi connectivity index (χ1v) is 13.3. The molecular weight excluding hydrogens is 472 g/mol. The zero-order valence-electron chi connectivity index (χ0n) is 22.8. The van der Waals surface area contributed by atoms with Crippen LogP contribution in [0.4, 0.5) is 0 Å². The summed E-state index contributed by atoms with van der Waals surface area (Å²) >= 11 is 0. The van der Waals surface area contributed by atoms with E-state index >= 15 is 0 Å². The molecule has 1 unspecified atom stereocenters. The largest absolute Gasteiger partial charge is 0.337 e. The molecule has 1 amide bonds. The van der Waals surface area contributed by atoms with Crippen LogP contribution in [0.3, 0.4) is 0 Å². The quantitative estimate of drug-likeness (QED) is 0.328. The van der Waals surface area contributed by atoms with Gasteiger partial charge < -0.3 is 9.47 Å². The average Bonchev–Trinajstić information content (AvgIpc) is 3.32. The summed E-state index contributed by atoms with van der Waals surface area (Å²) in [5.41, 5.74) is 8.52. The van der Waals surface area contributed by atoms with Crippen LogP contribution < -0.4 is 0 Å². The molecular formula is C31H36N6O. The molecule has 196 valence electrons. The molecule has 0 bridgehead atoms. The fourth-order valence-electron chi connectivity index (χ4n) is 5.50. The maximum atomic E-state index is 13.1. The van der Waals surface area contributed by atoms with Crippen molar-refractivity contribution in [3.8, 4) is 0 Å². The van der Waals surface area contributed by atoms with Crippen LogP contribution in [-0.4, -0.2) is 42.3 Å². The number of nitrogens with zero attached hydrogens (tertiary/aromatic N) is 6. The van der Waals surface area contributed by atoms with Gasteiger partial charge >= 0.3 is 0 Å². The summed E-state index contributed by atoms with van der Waals surface area (Å²) in [6, 6.07) is 15.1. The Morgan fingerprint density at radius 3 is 2.47 bits per heavy atom. The van der Waals surface area contributed by atoms with Crippen LogP contribution in [0.1, 0.15) is 68.6 Å². The number of aromatic nitrogens is 4. The lowest BCUT2D eigenvalue weighted by atomic mass is 9.90. The van der Waals surface area contributed by atoms with Gasteiger partial charge in [0.1, 0.15) is 0 Å². The first-order chi connectivity index (χ1) is 18.4. The van der Waals surface area contributed by atoms with Crippen molar-refractivity contribution in [2.75, 3.05) is 7.05 Å². The SMILES string of the molecule is Cc1ccnc(C)c1C(=O)N(C)Cc1ccc(CN(Cc2cncn2C)C2CCCc3cccnc32)cc1. The van der Waals surface area contributed by atoms with E-state index in [0.29, 0.717) is 12.1 Å². The molecule has 0 spiro atoms. The number of benzene rings is 1. The van der Waals surface area contributed by atoms with Gasteiger partial charge in [-0.25, -0.2) is 4.98 Å². The zero-order chi connectivity index (χ0) is 26.6. The smallest absolute Gasteiger partial charge is 0.256 e. The molecule has 0 aliphatic heterocycles. The lowest BCUT2D eigenvalue weighted by Gasteiger charge is -2.35. The second kappa shape index (κ2) is 11.3. The number of aryl methyl sites for hydroxylation is 4. The normalized spacial score (nSPS) is 14.9. The minimum atomic E-state index is 0.00277. The van der Waals surface area contributed by atoms with Gasteiger partial charge in [0.05, 0.1) is 35.0 Å². The number of carbonyl (C=O) groups is 1. The molecule has 1 aromatic carbocycles. The topological polar surface area (TPSA) is 67.2 Å². The van der Waals surface area contributed by atoms with Crippen molar-refractivity contribution in [2.45, 2.75) is 58.8 Å². The minimum absolute atomic E-state index is 0.00277. The summed E-state index contributed by atoms with van der Waals surface area (Å²) < 4.78 is 2.09. The highest BCUT2D eigenvalue weighted by Crippen LogP contribution is 2.34. The standard InChI is InChI=1S/C31H36N6O/c1-22-14-16-33-23(2)29(22)31(38)35(3)18-24-10-12-25(13-11-24)19-37(20-27-17-32-21-36(27)4)28-9-5-7-26-8-6-15-34-30(26)28/h6,8,10-17,21,28H,5,7,9,18-20H2,1-4H3. The predicted molar refractivity (Wildman–Crippen MR) is 148 cm³/mol. The van der Waals surface area contributed by atoms with E-state index < -0.39 is 0 Å². The van der Waals surface area contributed by atoms with Gasteiger partial charge in [-0.2, -0.15) is 0 Å². The van der Waals surface area contributed by atoms with E-state index in [9.17, 15) is 4.79 Å². The number of imidazole rings is 1. The summed E-state index contributed by atoms with van der Waals surface area (Å²) in [5, 5.41) is 0. The third-order valence-corrected chi connectivity index (χ3v) is 7.63. The zero-order valence-corrected chi connectivity index (χ0v) is 22.8. The molecule has 0 saturated carbocycles. The maximum absolute atomic E-state index is 13.1. The molecule has 0 saturated heterocycles. The van der Waals surface area contributed by atoms with Gasteiger partial charge in [0, 0.05) is 52.3 Å². The van der Waals surface area contributed by atoms with Gasteiger partial charge in [0.15, 0.2) is 0 Å². The first kappa shape index (κ1) is 25.8. The number of fused-ring (bicyclic) bond motifs is 1. The van der Waals surface area contributed by atoms with Crippen molar-refractivity contribution < 1.29 is 4.79 Å². The molecule has 7 heteroatoms. The first-order valence-electron chi connectivity index (χ1n) is 13.3. The number of hydrogen-bond donors (Lipinski definition) is 0. The van der Waals surface area contributed by atoms with Crippen molar-refractivity contribution in [2.24, 2.45) is 7.05 Å². The number of rotatable bonds is 8. The summed E-state index contributed by atoms with van der Waals surface area (Å²) in [6.45, 7) is 6.02. The molecule has 0 fully saturated rings. The van der Waals surface area contributed by atoms with Crippen molar-refractivity contribution in [3.63, 3.8) is 0 Å². The molecule has 3 aromatic heterocycles. The summed E-state index contributed by atoms with van der Waals surface area (Å²) in [5.74, 6) is 0.00277. The monoisotopic (exact) mass is 508 g/mol. The molecule has 7 nitrogen and oxygen atoms in total. The highest BCUT2D eigenvalue weighted by Gasteiger charge is 2.28. The lowest BCUT2D eigenvalue weighted by Crippen LogP contribution is -2.32. The fraction of sp³-hybridized carbons (Fsp3) is 0.355. The Balaban J connectivity index is 1.33. The molecule has 1 atom stereocenters. The van der Waals surface area contributed by atoms with Crippen molar-refractivity contribution in [3.05, 3.63) is 112 Å². The van der Waals surface area contributed by atoms with Crippen LogP contribution in [0.15, 0.2) is 67.4 Å². The maximum Gasteiger partial charge on any atom is 0.256 e. The van der Waals surface area contributed by atoms with Crippen LogP contribution in [0.5, 0.6) is 0 Å². The lowest BCUT2D eigenvalue weighted by molar-refractivity contribution is 0.0783. The third-order valence-electron chi connectivity index (χ3n) is 7.63. The van der Waals surface area contributed by atoms with Crippen LogP contribution in [0, 0.1) is 13.8 Å². The predicted octanol–water partition coefficient (Wildman–Crippen LogP) is 5.18. The van der Waals surface area contributed by atoms with E-state index in [0.717, 1.165) is 42.8 Å². The van der Waals surface area contributed by atoms with Gasteiger partial charge in [-0.3, -0.25) is 19.7 Å². The molecule has 1 aliphatic carbocycles. The van der Waals surface area contributed by atoms with E-state index in [4.69, 9.17) is 4.98 Å². The average molecular weight is 509 g/mol. The summed E-state index contributed by atoms with van der Waals surface area (Å²) in [7, 11) is 3.90. The second-order valence-electron chi connectivity index (χ2n) is 10.4. The van der Waals surface area contributed by atoms with Crippen molar-refractivity contribution >= 4 is 5.91 Å². The van der Waals surface area contributed by atoms with E-state index in [1.54, 1.807) is 11.1 Å². The number of hydrogen-bond acceptors (Lipinski definition) is 5. The third kappa shape index (κ3) is 5.53. The Labute approximate surface area is 225 Å². The highest BCUT2D eigenvalue weighted by molar-refractivity contribution is 5.96. The minimum Gasteiger partial charge on any atom is -0.337 e. The Kier molecular flexibility index (Phi) is 7.65. The molecule has 38 heavy (non-hydrogen) atoms. The van der Waals surface area contributed by atoms with Crippen LogP contribution >= 0.6 is 0 Å². The van der Waals surface area contributed by atoms with Crippen LogP contribution in [0.25, 0.3) is 0 Å². The second-order valence-corrected chi connectivity index (χ2v) is 10.4. The molecule has 1 aliphatic rings. The summed E-state index contributed by atoms with van der Waals surface area (Å²) in [4.78, 5) is 30.9. The molecule has 4 aromatic rings. The van der Waals surface area contributed by atoms with Crippen LogP contribution in [0.2, 0.25) is 0 Å². The molecule has 5 rings (SSSR count). The van der Waals surface area contributed by atoms with Crippen molar-refractivity contribution in [1.82, 2.24) is 29.3 Å². The van der Waals surface area contributed by atoms with Gasteiger partial charge in [0.2, 0.25) is 0 Å². The molecule has 0 radical (unpaired) electrons. The van der Waals surface area contributed by atoms with Gasteiger partial charge in [-0.15, -0.1) is 0 Å². The van der Waals surface area contributed by atoms with Gasteiger partial charge in [-0.1, -0.05) is 30.3 Å². The van der Waals surface area contributed by atoms with E-state index in [-0.39, 0.29) is 11.9 Å². The van der Waals surface area contributed by atoms with E-state index in [1.807, 2.05) is 51.7 Å². The van der Waals surface area contributed by atoms with E-state index in [2.05, 4.69) is 56.8 Å². The van der Waals surface area contributed by atoms with Crippen molar-refractivity contribution in [1.29, 1.82) is 0 Å². The molecule has 3 heterocycles. The Morgan fingerprint density at radius 2 is 1.76 bits per heavy atom. The Morgan fingerprint density at radius 1 is 1.00 bits per heavy atom. The number of amides is 1. The van der Waals surface area contributed by atoms with Gasteiger partial charge in [0.25, 0.3) is 5.91 Å². The number of pyridine rings is 2. The summed E-state index contributed by atoms with van der Waals surface area (Å²) in [6.07, 6.45) is 10.8. The Bertz CT molecular complexity index is 1390. The van der Waals surface area contributed by atoms with Crippen LogP contribution in [-0.2, 0) is 33.1 Å². The Hall–Kier alpha value is -3.84.